The fourth-order valence-electron chi connectivity index (χ4n) is 1.88. The number of nitrogens with zero attached hydrogens (tertiary/aromatic N) is 3. The van der Waals surface area contributed by atoms with Gasteiger partial charge in [0.25, 0.3) is 5.69 Å². The van der Waals surface area contributed by atoms with E-state index in [1.165, 1.54) is 6.07 Å². The molecule has 0 saturated carbocycles. The molecule has 0 aliphatic rings. The zero-order chi connectivity index (χ0) is 13.7. The van der Waals surface area contributed by atoms with Gasteiger partial charge in [-0.2, -0.15) is 5.26 Å². The quantitative estimate of drug-likeness (QED) is 0.592. The molecule has 0 bridgehead atoms. The Morgan fingerprint density at radius 2 is 2.17 bits per heavy atom. The number of hydrogen-bond acceptors (Lipinski definition) is 4. The predicted octanol–water partition coefficient (Wildman–Crippen LogP) is 3.09. The van der Waals surface area contributed by atoms with Crippen LogP contribution in [0.15, 0.2) is 18.2 Å². The maximum absolute atomic E-state index is 10.8. The summed E-state index contributed by atoms with van der Waals surface area (Å²) < 4.78 is 0. The normalized spacial score (nSPS) is 10.2. The molecule has 1 aromatic carbocycles. The summed E-state index contributed by atoms with van der Waals surface area (Å²) in [6, 6.07) is 6.87. The minimum absolute atomic E-state index is 0.110. The average Bonchev–Trinajstić information content (AvgIpc) is 2.34. The van der Waals surface area contributed by atoms with Crippen molar-refractivity contribution in [2.75, 3.05) is 11.4 Å². The van der Waals surface area contributed by atoms with E-state index < -0.39 is 4.92 Å². The van der Waals surface area contributed by atoms with Crippen molar-refractivity contribution in [3.05, 3.63) is 33.9 Å². The van der Waals surface area contributed by atoms with Crippen LogP contribution in [0, 0.1) is 21.4 Å². The van der Waals surface area contributed by atoms with E-state index in [9.17, 15) is 10.1 Å². The van der Waals surface area contributed by atoms with Crippen LogP contribution in [0.2, 0.25) is 0 Å². The van der Waals surface area contributed by atoms with Crippen LogP contribution in [-0.2, 0) is 0 Å². The number of hydrogen-bond donors (Lipinski definition) is 0. The van der Waals surface area contributed by atoms with Crippen molar-refractivity contribution in [3.8, 4) is 6.07 Å². The van der Waals surface area contributed by atoms with Crippen molar-refractivity contribution >= 4 is 11.4 Å². The molecule has 0 amide bonds. The third kappa shape index (κ3) is 2.98. The van der Waals surface area contributed by atoms with Gasteiger partial charge in [0.2, 0.25) is 0 Å². The predicted molar refractivity (Wildman–Crippen MR) is 70.6 cm³/mol. The van der Waals surface area contributed by atoms with Crippen LogP contribution in [0.4, 0.5) is 11.4 Å². The zero-order valence-corrected chi connectivity index (χ0v) is 10.9. The van der Waals surface area contributed by atoms with Gasteiger partial charge in [-0.3, -0.25) is 10.1 Å². The second-order valence-corrected chi connectivity index (χ2v) is 4.36. The molecular formula is C13H17N3O2. The zero-order valence-electron chi connectivity index (χ0n) is 10.9. The highest BCUT2D eigenvalue weighted by Crippen LogP contribution is 2.25. The lowest BCUT2D eigenvalue weighted by atomic mass is 10.1. The Morgan fingerprint density at radius 3 is 2.61 bits per heavy atom. The monoisotopic (exact) mass is 247 g/mol. The van der Waals surface area contributed by atoms with Gasteiger partial charge in [0.1, 0.15) is 11.6 Å². The van der Waals surface area contributed by atoms with Gasteiger partial charge in [-0.25, -0.2) is 0 Å². The number of anilines is 1. The van der Waals surface area contributed by atoms with Crippen LogP contribution >= 0.6 is 0 Å². The highest BCUT2D eigenvalue weighted by Gasteiger charge is 2.17. The fourth-order valence-corrected chi connectivity index (χ4v) is 1.88. The molecule has 0 heterocycles. The Morgan fingerprint density at radius 1 is 1.50 bits per heavy atom. The van der Waals surface area contributed by atoms with E-state index in [4.69, 9.17) is 5.26 Å². The van der Waals surface area contributed by atoms with E-state index in [-0.39, 0.29) is 17.3 Å². The Kier molecular flexibility index (Phi) is 4.67. The van der Waals surface area contributed by atoms with Crippen molar-refractivity contribution in [3.63, 3.8) is 0 Å². The summed E-state index contributed by atoms with van der Waals surface area (Å²) in [4.78, 5) is 12.4. The molecule has 0 N–H and O–H groups in total. The summed E-state index contributed by atoms with van der Waals surface area (Å²) in [6.45, 7) is 7.05. The Labute approximate surface area is 107 Å². The number of nitro groups is 1. The standard InChI is InChI=1S/C13H17N3O2/c1-4-7-15(10(2)3)12-5-6-13(16(17)18)11(8-12)9-14/h5-6,8,10H,4,7H2,1-3H3. The molecule has 0 aromatic heterocycles. The van der Waals surface area contributed by atoms with E-state index >= 15 is 0 Å². The molecule has 0 aliphatic heterocycles. The lowest BCUT2D eigenvalue weighted by molar-refractivity contribution is -0.385. The van der Waals surface area contributed by atoms with Crippen LogP contribution in [0.3, 0.4) is 0 Å². The van der Waals surface area contributed by atoms with Gasteiger partial charge < -0.3 is 4.90 Å². The van der Waals surface area contributed by atoms with Gasteiger partial charge in [0.05, 0.1) is 4.92 Å². The molecule has 1 aromatic rings. The highest BCUT2D eigenvalue weighted by molar-refractivity contribution is 5.60. The molecule has 0 radical (unpaired) electrons. The van der Waals surface area contributed by atoms with Gasteiger partial charge in [-0.05, 0) is 32.4 Å². The van der Waals surface area contributed by atoms with E-state index in [0.717, 1.165) is 18.7 Å². The first kappa shape index (κ1) is 14.0. The first-order valence-electron chi connectivity index (χ1n) is 5.96. The van der Waals surface area contributed by atoms with E-state index in [0.29, 0.717) is 0 Å². The second kappa shape index (κ2) is 6.01. The Bertz CT molecular complexity index is 478. The summed E-state index contributed by atoms with van der Waals surface area (Å²) in [6.07, 6.45) is 0.983. The van der Waals surface area contributed by atoms with E-state index in [1.54, 1.807) is 12.1 Å². The molecule has 1 rings (SSSR count). The number of benzene rings is 1. The molecule has 0 atom stereocenters. The maximum atomic E-state index is 10.8. The number of rotatable bonds is 5. The van der Waals surface area contributed by atoms with Crippen LogP contribution in [0.1, 0.15) is 32.8 Å². The summed E-state index contributed by atoms with van der Waals surface area (Å²) in [5.74, 6) is 0. The molecular weight excluding hydrogens is 230 g/mol. The Hall–Kier alpha value is -2.09. The van der Waals surface area contributed by atoms with E-state index in [1.807, 2.05) is 6.07 Å². The molecule has 5 nitrogen and oxygen atoms in total. The average molecular weight is 247 g/mol. The summed E-state index contributed by atoms with van der Waals surface area (Å²) in [7, 11) is 0. The highest BCUT2D eigenvalue weighted by atomic mass is 16.6. The van der Waals surface area contributed by atoms with Gasteiger partial charge in [-0.1, -0.05) is 6.92 Å². The largest absolute Gasteiger partial charge is 0.369 e. The maximum Gasteiger partial charge on any atom is 0.287 e. The molecule has 0 spiro atoms. The third-order valence-corrected chi connectivity index (χ3v) is 2.72. The van der Waals surface area contributed by atoms with Crippen molar-refractivity contribution in [2.45, 2.75) is 33.2 Å². The van der Waals surface area contributed by atoms with Crippen LogP contribution in [0.25, 0.3) is 0 Å². The number of nitro benzene ring substituents is 1. The third-order valence-electron chi connectivity index (χ3n) is 2.72. The minimum Gasteiger partial charge on any atom is -0.369 e. The molecule has 0 unspecified atom stereocenters. The summed E-state index contributed by atoms with van der Waals surface area (Å²) >= 11 is 0. The number of nitriles is 1. The molecule has 0 saturated heterocycles. The molecule has 0 fully saturated rings. The van der Waals surface area contributed by atoms with Crippen LogP contribution in [-0.4, -0.2) is 17.5 Å². The van der Waals surface area contributed by atoms with Crippen molar-refractivity contribution < 1.29 is 4.92 Å². The van der Waals surface area contributed by atoms with Crippen LogP contribution in [0.5, 0.6) is 0 Å². The molecule has 18 heavy (non-hydrogen) atoms. The van der Waals surface area contributed by atoms with Crippen molar-refractivity contribution in [1.82, 2.24) is 0 Å². The van der Waals surface area contributed by atoms with Crippen molar-refractivity contribution in [1.29, 1.82) is 5.26 Å². The second-order valence-electron chi connectivity index (χ2n) is 4.36. The van der Waals surface area contributed by atoms with Gasteiger partial charge >= 0.3 is 0 Å². The SMILES string of the molecule is CCCN(c1ccc([N+](=O)[O-])c(C#N)c1)C(C)C. The molecule has 96 valence electrons. The Balaban J connectivity index is 3.19. The van der Waals surface area contributed by atoms with Crippen molar-refractivity contribution in [2.24, 2.45) is 0 Å². The van der Waals surface area contributed by atoms with Gasteiger partial charge in [-0.15, -0.1) is 0 Å². The minimum atomic E-state index is -0.526. The lowest BCUT2D eigenvalue weighted by Gasteiger charge is -2.28. The lowest BCUT2D eigenvalue weighted by Crippen LogP contribution is -2.31. The fraction of sp³-hybridized carbons (Fsp3) is 0.462. The van der Waals surface area contributed by atoms with Gasteiger partial charge in [0, 0.05) is 24.3 Å². The first-order valence-corrected chi connectivity index (χ1v) is 5.96. The smallest absolute Gasteiger partial charge is 0.287 e. The van der Waals surface area contributed by atoms with Gasteiger partial charge in [0.15, 0.2) is 0 Å². The topological polar surface area (TPSA) is 70.2 Å². The summed E-state index contributed by atoms with van der Waals surface area (Å²) in [5.41, 5.74) is 0.828. The van der Waals surface area contributed by atoms with E-state index in [2.05, 4.69) is 25.7 Å². The molecule has 5 heteroatoms. The van der Waals surface area contributed by atoms with Crippen LogP contribution < -0.4 is 4.90 Å². The molecule has 0 aliphatic carbocycles. The summed E-state index contributed by atoms with van der Waals surface area (Å²) in [5, 5.41) is 19.7. The first-order chi connectivity index (χ1) is 8.51.